The van der Waals surface area contributed by atoms with Crippen LogP contribution in [-0.2, 0) is 0 Å². The maximum atomic E-state index is 9.58. The van der Waals surface area contributed by atoms with Gasteiger partial charge >= 0.3 is 0 Å². The third kappa shape index (κ3) is 1.34. The fourth-order valence-electron chi connectivity index (χ4n) is 2.32. The summed E-state index contributed by atoms with van der Waals surface area (Å²) in [7, 11) is 1.97. The number of hydrogen-bond donors (Lipinski definition) is 1. The molecule has 2 aromatic carbocycles. The Bertz CT molecular complexity index is 616. The van der Waals surface area contributed by atoms with Gasteiger partial charge in [-0.2, -0.15) is 0 Å². The Morgan fingerprint density at radius 1 is 1.00 bits per heavy atom. The Labute approximate surface area is 100 Å². The topological polar surface area (TPSA) is 23.5 Å². The van der Waals surface area contributed by atoms with Crippen LogP contribution in [0.3, 0.4) is 0 Å². The molecular weight excluding hydrogens is 210 g/mol. The molecule has 0 aliphatic carbocycles. The smallest absolute Gasteiger partial charge is 0.117 e. The lowest BCUT2D eigenvalue weighted by atomic mass is 9.92. The highest BCUT2D eigenvalue weighted by Crippen LogP contribution is 2.43. The summed E-state index contributed by atoms with van der Waals surface area (Å²) in [5, 5.41) is 9.58. The van der Waals surface area contributed by atoms with Gasteiger partial charge in [-0.25, -0.2) is 0 Å². The Morgan fingerprint density at radius 2 is 1.71 bits per heavy atom. The number of nitrogens with zero attached hydrogens (tertiary/aromatic N) is 1. The van der Waals surface area contributed by atoms with Crippen molar-refractivity contribution in [3.63, 3.8) is 0 Å². The zero-order valence-corrected chi connectivity index (χ0v) is 9.64. The van der Waals surface area contributed by atoms with Crippen molar-refractivity contribution in [3.8, 4) is 16.9 Å². The molecule has 0 unspecified atom stereocenters. The highest BCUT2D eigenvalue weighted by atomic mass is 16.3. The normalized spacial score (nSPS) is 13.2. The molecule has 2 aromatic rings. The molecule has 2 heteroatoms. The van der Waals surface area contributed by atoms with Crippen molar-refractivity contribution in [2.75, 3.05) is 11.9 Å². The van der Waals surface area contributed by atoms with Gasteiger partial charge in [0.25, 0.3) is 0 Å². The average molecular weight is 223 g/mol. The lowest BCUT2D eigenvalue weighted by Crippen LogP contribution is -2.19. The number of benzene rings is 2. The van der Waals surface area contributed by atoms with Crippen LogP contribution in [0, 0.1) is 0 Å². The van der Waals surface area contributed by atoms with Crippen LogP contribution in [0.25, 0.3) is 16.8 Å². The first-order chi connectivity index (χ1) is 8.18. The minimum Gasteiger partial charge on any atom is -0.508 e. The van der Waals surface area contributed by atoms with Gasteiger partial charge in [0.15, 0.2) is 0 Å². The minimum absolute atomic E-state index is 0.280. The Hall–Kier alpha value is -2.22. The highest BCUT2D eigenvalue weighted by Gasteiger charge is 2.22. The number of phenols is 1. The molecule has 0 bridgehead atoms. The number of aromatic hydroxyl groups is 1. The largest absolute Gasteiger partial charge is 0.508 e. The van der Waals surface area contributed by atoms with Crippen molar-refractivity contribution in [1.82, 2.24) is 0 Å². The number of rotatable bonds is 0. The maximum Gasteiger partial charge on any atom is 0.117 e. The summed E-state index contributed by atoms with van der Waals surface area (Å²) in [6.07, 6.45) is 0. The van der Waals surface area contributed by atoms with Gasteiger partial charge in [-0.15, -0.1) is 0 Å². The lowest BCUT2D eigenvalue weighted by molar-refractivity contribution is 0.475. The fourth-order valence-corrected chi connectivity index (χ4v) is 2.32. The van der Waals surface area contributed by atoms with E-state index in [2.05, 4.69) is 18.7 Å². The third-order valence-corrected chi connectivity index (χ3v) is 3.28. The highest BCUT2D eigenvalue weighted by molar-refractivity contribution is 5.98. The minimum atomic E-state index is 0.280. The molecular formula is C15H13NO. The molecule has 3 rings (SSSR count). The maximum absolute atomic E-state index is 9.58. The van der Waals surface area contributed by atoms with Crippen molar-refractivity contribution in [3.05, 3.63) is 54.6 Å². The number of hydrogen-bond acceptors (Lipinski definition) is 2. The van der Waals surface area contributed by atoms with E-state index >= 15 is 0 Å². The van der Waals surface area contributed by atoms with E-state index in [9.17, 15) is 5.11 Å². The molecule has 0 radical (unpaired) electrons. The second-order valence-electron chi connectivity index (χ2n) is 4.25. The Kier molecular flexibility index (Phi) is 1.99. The zero-order chi connectivity index (χ0) is 12.0. The standard InChI is InChI=1S/C15H13NO/c1-10-12-5-3-4-6-13(12)14-8-7-11(17)9-15(14)16(10)2/h3-9,17H,1H2,2H3. The molecule has 0 saturated heterocycles. The first-order valence-corrected chi connectivity index (χ1v) is 5.54. The predicted octanol–water partition coefficient (Wildman–Crippen LogP) is 3.48. The molecule has 1 heterocycles. The van der Waals surface area contributed by atoms with Crippen LogP contribution in [0.2, 0.25) is 0 Å². The first-order valence-electron chi connectivity index (χ1n) is 5.54. The van der Waals surface area contributed by atoms with Crippen molar-refractivity contribution in [2.45, 2.75) is 0 Å². The Morgan fingerprint density at radius 3 is 2.47 bits per heavy atom. The second-order valence-corrected chi connectivity index (χ2v) is 4.25. The fraction of sp³-hybridized carbons (Fsp3) is 0.0667. The van der Waals surface area contributed by atoms with Crippen molar-refractivity contribution in [1.29, 1.82) is 0 Å². The number of fused-ring (bicyclic) bond motifs is 3. The van der Waals surface area contributed by atoms with Gasteiger partial charge in [0, 0.05) is 29.9 Å². The molecule has 84 valence electrons. The monoisotopic (exact) mass is 223 g/mol. The molecule has 0 aromatic heterocycles. The van der Waals surface area contributed by atoms with Crippen molar-refractivity contribution in [2.24, 2.45) is 0 Å². The molecule has 0 fully saturated rings. The van der Waals surface area contributed by atoms with Crippen LogP contribution in [-0.4, -0.2) is 12.2 Å². The summed E-state index contributed by atoms with van der Waals surface area (Å²) in [4.78, 5) is 2.01. The van der Waals surface area contributed by atoms with Gasteiger partial charge in [-0.3, -0.25) is 0 Å². The zero-order valence-electron chi connectivity index (χ0n) is 9.64. The molecule has 0 spiro atoms. The van der Waals surface area contributed by atoms with Crippen molar-refractivity contribution >= 4 is 11.4 Å². The summed E-state index contributed by atoms with van der Waals surface area (Å²) < 4.78 is 0. The number of anilines is 1. The van der Waals surface area contributed by atoms with Gasteiger partial charge in [0.1, 0.15) is 5.75 Å². The molecule has 0 saturated carbocycles. The molecule has 0 amide bonds. The summed E-state index contributed by atoms with van der Waals surface area (Å²) in [6, 6.07) is 13.6. The van der Waals surface area contributed by atoms with Gasteiger partial charge in [0.05, 0.1) is 5.69 Å². The molecule has 2 nitrogen and oxygen atoms in total. The SMILES string of the molecule is C=C1c2ccccc2-c2ccc(O)cc2N1C. The van der Waals surface area contributed by atoms with E-state index in [1.54, 1.807) is 12.1 Å². The van der Waals surface area contributed by atoms with E-state index < -0.39 is 0 Å². The average Bonchev–Trinajstić information content (AvgIpc) is 2.36. The summed E-state index contributed by atoms with van der Waals surface area (Å²) >= 11 is 0. The molecule has 1 N–H and O–H groups in total. The van der Waals surface area contributed by atoms with E-state index in [1.807, 2.05) is 30.1 Å². The van der Waals surface area contributed by atoms with Crippen LogP contribution in [0.5, 0.6) is 5.75 Å². The van der Waals surface area contributed by atoms with Gasteiger partial charge < -0.3 is 10.0 Å². The summed E-state index contributed by atoms with van der Waals surface area (Å²) in [5.41, 5.74) is 5.40. The molecule has 1 aliphatic heterocycles. The molecule has 1 aliphatic rings. The van der Waals surface area contributed by atoms with E-state index in [1.165, 1.54) is 5.56 Å². The van der Waals surface area contributed by atoms with E-state index in [0.717, 1.165) is 22.5 Å². The third-order valence-electron chi connectivity index (χ3n) is 3.28. The number of phenolic OH excluding ortho intramolecular Hbond substituents is 1. The van der Waals surface area contributed by atoms with Gasteiger partial charge in [-0.05, 0) is 17.7 Å². The van der Waals surface area contributed by atoms with Gasteiger partial charge in [0.2, 0.25) is 0 Å². The molecule has 0 atom stereocenters. The van der Waals surface area contributed by atoms with Crippen LogP contribution in [0.15, 0.2) is 49.0 Å². The van der Waals surface area contributed by atoms with Gasteiger partial charge in [-0.1, -0.05) is 30.8 Å². The first kappa shape index (κ1) is 9.97. The summed E-state index contributed by atoms with van der Waals surface area (Å²) in [5.74, 6) is 0.280. The lowest BCUT2D eigenvalue weighted by Gasteiger charge is -2.31. The van der Waals surface area contributed by atoms with Crippen LogP contribution in [0.1, 0.15) is 5.56 Å². The quantitative estimate of drug-likeness (QED) is 0.739. The van der Waals surface area contributed by atoms with Crippen LogP contribution in [0.4, 0.5) is 5.69 Å². The predicted molar refractivity (Wildman–Crippen MR) is 71.0 cm³/mol. The Balaban J connectivity index is 2.35. The van der Waals surface area contributed by atoms with Crippen LogP contribution < -0.4 is 4.90 Å². The molecule has 17 heavy (non-hydrogen) atoms. The van der Waals surface area contributed by atoms with E-state index in [4.69, 9.17) is 0 Å². The van der Waals surface area contributed by atoms with Crippen LogP contribution >= 0.6 is 0 Å². The summed E-state index contributed by atoms with van der Waals surface area (Å²) in [6.45, 7) is 4.11. The van der Waals surface area contributed by atoms with E-state index in [-0.39, 0.29) is 5.75 Å². The van der Waals surface area contributed by atoms with E-state index in [0.29, 0.717) is 0 Å². The second kappa shape index (κ2) is 3.39. The van der Waals surface area contributed by atoms with Crippen molar-refractivity contribution < 1.29 is 5.11 Å².